The first-order valence-corrected chi connectivity index (χ1v) is 9.75. The molecule has 2 aromatic heterocycles. The zero-order valence-corrected chi connectivity index (χ0v) is 16.6. The van der Waals surface area contributed by atoms with Crippen molar-refractivity contribution >= 4 is 68.0 Å². The van der Waals surface area contributed by atoms with E-state index in [1.54, 1.807) is 18.3 Å². The highest BCUT2D eigenvalue weighted by Gasteiger charge is 2.18. The minimum absolute atomic E-state index is 0.295. The number of pyridine rings is 1. The second kappa shape index (κ2) is 7.44. The molecule has 0 bridgehead atoms. The number of anilines is 1. The van der Waals surface area contributed by atoms with Gasteiger partial charge in [0.15, 0.2) is 0 Å². The third-order valence-electron chi connectivity index (χ3n) is 3.81. The molecule has 0 aliphatic heterocycles. The van der Waals surface area contributed by atoms with E-state index >= 15 is 0 Å². The summed E-state index contributed by atoms with van der Waals surface area (Å²) in [4.78, 5) is 21.8. The van der Waals surface area contributed by atoms with Crippen LogP contribution in [-0.2, 0) is 0 Å². The number of aromatic nitrogens is 2. The first-order chi connectivity index (χ1) is 13.0. The van der Waals surface area contributed by atoms with E-state index in [2.05, 4.69) is 15.3 Å². The molecule has 0 radical (unpaired) electrons. The summed E-state index contributed by atoms with van der Waals surface area (Å²) in [5.74, 6) is -0.363. The predicted molar refractivity (Wildman–Crippen MR) is 112 cm³/mol. The minimum Gasteiger partial charge on any atom is -0.321 e. The molecule has 4 nitrogen and oxygen atoms in total. The number of benzene rings is 2. The summed E-state index contributed by atoms with van der Waals surface area (Å²) in [5, 5.41) is 4.34. The highest BCUT2D eigenvalue weighted by molar-refractivity contribution is 7.21. The predicted octanol–water partition coefficient (Wildman–Crippen LogP) is 6.57. The van der Waals surface area contributed by atoms with Crippen molar-refractivity contribution in [2.75, 3.05) is 5.32 Å². The molecule has 2 heterocycles. The van der Waals surface area contributed by atoms with Gasteiger partial charge in [0.25, 0.3) is 5.91 Å². The number of hydrogen-bond donors (Lipinski definition) is 1. The van der Waals surface area contributed by atoms with E-state index < -0.39 is 0 Å². The summed E-state index contributed by atoms with van der Waals surface area (Å²) in [6.07, 6.45) is 1.63. The van der Waals surface area contributed by atoms with Gasteiger partial charge in [-0.05, 0) is 36.4 Å². The molecule has 0 spiro atoms. The highest BCUT2D eigenvalue weighted by Crippen LogP contribution is 2.34. The zero-order chi connectivity index (χ0) is 19.0. The largest absolute Gasteiger partial charge is 0.321 e. The van der Waals surface area contributed by atoms with Crippen molar-refractivity contribution < 1.29 is 4.79 Å². The average Bonchev–Trinajstić information content (AvgIpc) is 3.10. The van der Waals surface area contributed by atoms with Gasteiger partial charge in [-0.25, -0.2) is 4.98 Å². The number of thiazole rings is 1. The van der Waals surface area contributed by atoms with Crippen LogP contribution >= 0.6 is 46.1 Å². The Hall–Kier alpha value is -2.18. The topological polar surface area (TPSA) is 54.9 Å². The van der Waals surface area contributed by atoms with Crippen molar-refractivity contribution in [1.29, 1.82) is 0 Å². The van der Waals surface area contributed by atoms with Crippen molar-refractivity contribution in [2.45, 2.75) is 0 Å². The third-order valence-corrected chi connectivity index (χ3v) is 5.88. The van der Waals surface area contributed by atoms with E-state index in [-0.39, 0.29) is 5.91 Å². The average molecular weight is 435 g/mol. The molecule has 0 saturated carbocycles. The molecule has 0 aliphatic carbocycles. The molecule has 0 unspecified atom stereocenters. The van der Waals surface area contributed by atoms with Crippen LogP contribution in [0.1, 0.15) is 10.4 Å². The van der Waals surface area contributed by atoms with Crippen molar-refractivity contribution in [3.05, 3.63) is 75.4 Å². The molecule has 1 N–H and O–H groups in total. The van der Waals surface area contributed by atoms with Crippen LogP contribution in [0, 0.1) is 0 Å². The van der Waals surface area contributed by atoms with Crippen molar-refractivity contribution in [3.8, 4) is 10.7 Å². The lowest BCUT2D eigenvalue weighted by Crippen LogP contribution is -2.14. The molecule has 4 aromatic rings. The van der Waals surface area contributed by atoms with Crippen molar-refractivity contribution in [3.63, 3.8) is 0 Å². The molecule has 0 fully saturated rings. The Labute approximate surface area is 173 Å². The summed E-state index contributed by atoms with van der Waals surface area (Å²) in [7, 11) is 0. The normalized spacial score (nSPS) is 10.9. The first-order valence-electron chi connectivity index (χ1n) is 7.80. The lowest BCUT2D eigenvalue weighted by atomic mass is 10.1. The van der Waals surface area contributed by atoms with Crippen LogP contribution in [-0.4, -0.2) is 15.9 Å². The van der Waals surface area contributed by atoms with Gasteiger partial charge in [0.05, 0.1) is 36.5 Å². The number of carbonyl (C=O) groups excluding carboxylic acids is 1. The SMILES string of the molecule is O=C(Nc1cc(Cl)c(Cl)cc1Cl)c1cccnc1-c1nc2ccccc2s1. The van der Waals surface area contributed by atoms with Crippen LogP contribution in [0.5, 0.6) is 0 Å². The number of nitrogens with one attached hydrogen (secondary N) is 1. The van der Waals surface area contributed by atoms with Crippen LogP contribution in [0.15, 0.2) is 54.7 Å². The molecule has 0 saturated heterocycles. The Bertz CT molecular complexity index is 1140. The van der Waals surface area contributed by atoms with E-state index in [0.29, 0.717) is 37.0 Å². The molecular weight excluding hydrogens is 425 g/mol. The Morgan fingerprint density at radius 3 is 2.56 bits per heavy atom. The smallest absolute Gasteiger partial charge is 0.258 e. The molecule has 134 valence electrons. The molecule has 27 heavy (non-hydrogen) atoms. The molecular formula is C19H10Cl3N3OS. The number of para-hydroxylation sites is 1. The van der Waals surface area contributed by atoms with E-state index in [1.807, 2.05) is 24.3 Å². The van der Waals surface area contributed by atoms with E-state index in [9.17, 15) is 4.79 Å². The summed E-state index contributed by atoms with van der Waals surface area (Å²) in [5.41, 5.74) is 2.13. The number of hydrogen-bond acceptors (Lipinski definition) is 4. The third kappa shape index (κ3) is 3.64. The molecule has 2 aromatic carbocycles. The fourth-order valence-electron chi connectivity index (χ4n) is 2.54. The van der Waals surface area contributed by atoms with Crippen molar-refractivity contribution in [2.24, 2.45) is 0 Å². The molecule has 0 atom stereocenters. The fraction of sp³-hybridized carbons (Fsp3) is 0. The van der Waals surface area contributed by atoms with Crippen LogP contribution in [0.25, 0.3) is 20.9 Å². The minimum atomic E-state index is -0.363. The van der Waals surface area contributed by atoms with Crippen LogP contribution < -0.4 is 5.32 Å². The lowest BCUT2D eigenvalue weighted by Gasteiger charge is -2.10. The summed E-state index contributed by atoms with van der Waals surface area (Å²) >= 11 is 19.6. The lowest BCUT2D eigenvalue weighted by molar-refractivity contribution is 0.102. The zero-order valence-electron chi connectivity index (χ0n) is 13.5. The number of rotatable bonds is 3. The number of fused-ring (bicyclic) bond motifs is 1. The molecule has 8 heteroatoms. The van der Waals surface area contributed by atoms with E-state index in [1.165, 1.54) is 23.5 Å². The number of amides is 1. The van der Waals surface area contributed by atoms with Gasteiger partial charge in [0.2, 0.25) is 0 Å². The Balaban J connectivity index is 1.72. The van der Waals surface area contributed by atoms with Gasteiger partial charge in [-0.3, -0.25) is 9.78 Å². The second-order valence-electron chi connectivity index (χ2n) is 5.59. The van der Waals surface area contributed by atoms with Crippen LogP contribution in [0.4, 0.5) is 5.69 Å². The summed E-state index contributed by atoms with van der Waals surface area (Å²) < 4.78 is 1.03. The second-order valence-corrected chi connectivity index (χ2v) is 7.84. The maximum absolute atomic E-state index is 12.9. The quantitative estimate of drug-likeness (QED) is 0.371. The summed E-state index contributed by atoms with van der Waals surface area (Å²) in [6, 6.07) is 14.2. The Morgan fingerprint density at radius 2 is 1.74 bits per heavy atom. The standard InChI is InChI=1S/C19H10Cl3N3OS/c20-11-8-13(22)15(9-12(11)21)24-18(26)10-4-3-7-23-17(10)19-25-14-5-1-2-6-16(14)27-19/h1-9H,(H,24,26). The van der Waals surface area contributed by atoms with Gasteiger partial charge < -0.3 is 5.32 Å². The number of halogens is 3. The maximum Gasteiger partial charge on any atom is 0.258 e. The van der Waals surface area contributed by atoms with Gasteiger partial charge in [-0.15, -0.1) is 11.3 Å². The van der Waals surface area contributed by atoms with Crippen LogP contribution in [0.3, 0.4) is 0 Å². The van der Waals surface area contributed by atoms with Crippen molar-refractivity contribution in [1.82, 2.24) is 9.97 Å². The van der Waals surface area contributed by atoms with Gasteiger partial charge in [0, 0.05) is 6.20 Å². The highest BCUT2D eigenvalue weighted by atomic mass is 35.5. The first kappa shape index (κ1) is 18.2. The van der Waals surface area contributed by atoms with Crippen LogP contribution in [0.2, 0.25) is 15.1 Å². The molecule has 0 aliphatic rings. The maximum atomic E-state index is 12.9. The fourth-order valence-corrected chi connectivity index (χ4v) is 4.11. The van der Waals surface area contributed by atoms with Gasteiger partial charge in [0.1, 0.15) is 10.7 Å². The Morgan fingerprint density at radius 1 is 0.963 bits per heavy atom. The number of nitrogens with zero attached hydrogens (tertiary/aromatic N) is 2. The van der Waals surface area contributed by atoms with Gasteiger partial charge >= 0.3 is 0 Å². The van der Waals surface area contributed by atoms with Gasteiger partial charge in [-0.2, -0.15) is 0 Å². The van der Waals surface area contributed by atoms with E-state index in [0.717, 1.165) is 10.2 Å². The monoisotopic (exact) mass is 433 g/mol. The number of carbonyl (C=O) groups is 1. The van der Waals surface area contributed by atoms with E-state index in [4.69, 9.17) is 34.8 Å². The summed E-state index contributed by atoms with van der Waals surface area (Å²) in [6.45, 7) is 0. The molecule has 4 rings (SSSR count). The van der Waals surface area contributed by atoms with Gasteiger partial charge in [-0.1, -0.05) is 46.9 Å². The molecule has 1 amide bonds. The Kier molecular flexibility index (Phi) is 5.02.